The van der Waals surface area contributed by atoms with E-state index < -0.39 is 0 Å². The number of ether oxygens (including phenoxy) is 1. The SMILES string of the molecule is CCC1CCCN1CC(C(=O)OC)c1ccccc1. The molecule has 0 aromatic heterocycles. The summed E-state index contributed by atoms with van der Waals surface area (Å²) in [4.78, 5) is 14.5. The summed E-state index contributed by atoms with van der Waals surface area (Å²) in [7, 11) is 1.47. The van der Waals surface area contributed by atoms with Crippen LogP contribution >= 0.6 is 0 Å². The molecule has 19 heavy (non-hydrogen) atoms. The molecule has 1 aromatic carbocycles. The van der Waals surface area contributed by atoms with Gasteiger partial charge in [-0.25, -0.2) is 0 Å². The number of nitrogens with zero attached hydrogens (tertiary/aromatic N) is 1. The van der Waals surface area contributed by atoms with Gasteiger partial charge in [-0.05, 0) is 31.4 Å². The molecule has 1 saturated heterocycles. The predicted molar refractivity (Wildman–Crippen MR) is 76.1 cm³/mol. The monoisotopic (exact) mass is 261 g/mol. The van der Waals surface area contributed by atoms with Crippen LogP contribution in [-0.4, -0.2) is 37.1 Å². The van der Waals surface area contributed by atoms with Crippen molar-refractivity contribution >= 4 is 5.97 Å². The van der Waals surface area contributed by atoms with Gasteiger partial charge < -0.3 is 4.74 Å². The van der Waals surface area contributed by atoms with Gasteiger partial charge in [-0.1, -0.05) is 37.3 Å². The van der Waals surface area contributed by atoms with Crippen LogP contribution in [0.5, 0.6) is 0 Å². The number of methoxy groups -OCH3 is 1. The molecule has 2 atom stereocenters. The van der Waals surface area contributed by atoms with Crippen molar-refractivity contribution in [2.45, 2.75) is 38.1 Å². The van der Waals surface area contributed by atoms with Crippen molar-refractivity contribution < 1.29 is 9.53 Å². The Morgan fingerprint density at radius 3 is 2.79 bits per heavy atom. The smallest absolute Gasteiger partial charge is 0.314 e. The Morgan fingerprint density at radius 1 is 1.42 bits per heavy atom. The minimum atomic E-state index is -0.168. The molecule has 1 aliphatic heterocycles. The van der Waals surface area contributed by atoms with Crippen molar-refractivity contribution in [2.24, 2.45) is 0 Å². The first-order valence-corrected chi connectivity index (χ1v) is 7.13. The maximum atomic E-state index is 12.0. The molecule has 0 aliphatic carbocycles. The lowest BCUT2D eigenvalue weighted by atomic mass is 9.98. The average molecular weight is 261 g/mol. The van der Waals surface area contributed by atoms with Crippen LogP contribution in [0, 0.1) is 0 Å². The van der Waals surface area contributed by atoms with E-state index >= 15 is 0 Å². The quantitative estimate of drug-likeness (QED) is 0.763. The minimum absolute atomic E-state index is 0.132. The summed E-state index contributed by atoms with van der Waals surface area (Å²) in [5.41, 5.74) is 1.05. The van der Waals surface area contributed by atoms with Gasteiger partial charge in [0.15, 0.2) is 0 Å². The minimum Gasteiger partial charge on any atom is -0.469 e. The molecule has 0 N–H and O–H groups in total. The molecule has 1 fully saturated rings. The molecule has 1 aromatic rings. The normalized spacial score (nSPS) is 21.3. The Bertz CT molecular complexity index is 404. The topological polar surface area (TPSA) is 29.5 Å². The van der Waals surface area contributed by atoms with Gasteiger partial charge in [0, 0.05) is 12.6 Å². The van der Waals surface area contributed by atoms with Crippen LogP contribution in [0.3, 0.4) is 0 Å². The van der Waals surface area contributed by atoms with E-state index in [1.165, 1.54) is 20.0 Å². The summed E-state index contributed by atoms with van der Waals surface area (Å²) in [5.74, 6) is -0.300. The average Bonchev–Trinajstić information content (AvgIpc) is 2.92. The van der Waals surface area contributed by atoms with Crippen LogP contribution in [-0.2, 0) is 9.53 Å². The third-order valence-electron chi connectivity index (χ3n) is 4.08. The highest BCUT2D eigenvalue weighted by molar-refractivity contribution is 5.78. The summed E-state index contributed by atoms with van der Waals surface area (Å²) >= 11 is 0. The highest BCUT2D eigenvalue weighted by Gasteiger charge is 2.29. The van der Waals surface area contributed by atoms with Gasteiger partial charge in [0.25, 0.3) is 0 Å². The number of likely N-dealkylation sites (tertiary alicyclic amines) is 1. The lowest BCUT2D eigenvalue weighted by molar-refractivity contribution is -0.143. The zero-order valence-corrected chi connectivity index (χ0v) is 11.8. The molecule has 3 nitrogen and oxygen atoms in total. The fourth-order valence-corrected chi connectivity index (χ4v) is 2.98. The first-order chi connectivity index (χ1) is 9.26. The van der Waals surface area contributed by atoms with E-state index in [9.17, 15) is 4.79 Å². The molecule has 3 heteroatoms. The highest BCUT2D eigenvalue weighted by atomic mass is 16.5. The summed E-state index contributed by atoms with van der Waals surface area (Å²) in [5, 5.41) is 0. The molecule has 2 unspecified atom stereocenters. The van der Waals surface area contributed by atoms with Gasteiger partial charge >= 0.3 is 5.97 Å². The van der Waals surface area contributed by atoms with Crippen LogP contribution in [0.15, 0.2) is 30.3 Å². The largest absolute Gasteiger partial charge is 0.469 e. The second-order valence-corrected chi connectivity index (χ2v) is 5.19. The Balaban J connectivity index is 2.13. The van der Waals surface area contributed by atoms with Crippen LogP contribution in [0.25, 0.3) is 0 Å². The molecular weight excluding hydrogens is 238 g/mol. The van der Waals surface area contributed by atoms with Crippen molar-refractivity contribution in [3.8, 4) is 0 Å². The number of rotatable bonds is 5. The van der Waals surface area contributed by atoms with Gasteiger partial charge in [-0.15, -0.1) is 0 Å². The summed E-state index contributed by atoms with van der Waals surface area (Å²) < 4.78 is 4.98. The second-order valence-electron chi connectivity index (χ2n) is 5.19. The lowest BCUT2D eigenvalue weighted by Crippen LogP contribution is -2.35. The number of esters is 1. The lowest BCUT2D eigenvalue weighted by Gasteiger charge is -2.27. The van der Waals surface area contributed by atoms with E-state index in [-0.39, 0.29) is 11.9 Å². The van der Waals surface area contributed by atoms with Crippen molar-refractivity contribution in [1.29, 1.82) is 0 Å². The summed E-state index contributed by atoms with van der Waals surface area (Å²) in [6, 6.07) is 10.6. The number of benzene rings is 1. The number of hydrogen-bond donors (Lipinski definition) is 0. The molecule has 0 bridgehead atoms. The zero-order chi connectivity index (χ0) is 13.7. The van der Waals surface area contributed by atoms with Crippen LogP contribution < -0.4 is 0 Å². The number of carbonyl (C=O) groups is 1. The maximum Gasteiger partial charge on any atom is 0.314 e. The molecule has 2 rings (SSSR count). The number of hydrogen-bond acceptors (Lipinski definition) is 3. The van der Waals surface area contributed by atoms with E-state index in [1.807, 2.05) is 30.3 Å². The van der Waals surface area contributed by atoms with E-state index in [4.69, 9.17) is 4.74 Å². The fraction of sp³-hybridized carbons (Fsp3) is 0.562. The van der Waals surface area contributed by atoms with Gasteiger partial charge in [0.05, 0.1) is 13.0 Å². The Hall–Kier alpha value is -1.35. The Kier molecular flexibility index (Phi) is 4.97. The first kappa shape index (κ1) is 14.1. The molecular formula is C16H23NO2. The Morgan fingerprint density at radius 2 is 2.16 bits per heavy atom. The summed E-state index contributed by atoms with van der Waals surface area (Å²) in [6.45, 7) is 4.09. The summed E-state index contributed by atoms with van der Waals surface area (Å²) in [6.07, 6.45) is 3.64. The molecule has 1 aliphatic rings. The van der Waals surface area contributed by atoms with Crippen LogP contribution in [0.4, 0.5) is 0 Å². The second kappa shape index (κ2) is 6.71. The Labute approximate surface area is 115 Å². The van der Waals surface area contributed by atoms with E-state index in [0.29, 0.717) is 6.04 Å². The fourth-order valence-electron chi connectivity index (χ4n) is 2.98. The standard InChI is InChI=1S/C16H23NO2/c1-3-14-10-7-11-17(14)12-15(16(18)19-2)13-8-5-4-6-9-13/h4-6,8-9,14-15H,3,7,10-12H2,1-2H3. The number of carbonyl (C=O) groups excluding carboxylic acids is 1. The van der Waals surface area contributed by atoms with E-state index in [2.05, 4.69) is 11.8 Å². The molecule has 0 radical (unpaired) electrons. The van der Waals surface area contributed by atoms with Crippen molar-refractivity contribution in [2.75, 3.05) is 20.2 Å². The van der Waals surface area contributed by atoms with Gasteiger partial charge in [0.1, 0.15) is 0 Å². The van der Waals surface area contributed by atoms with Crippen LogP contribution in [0.2, 0.25) is 0 Å². The maximum absolute atomic E-state index is 12.0. The van der Waals surface area contributed by atoms with E-state index in [0.717, 1.165) is 25.1 Å². The van der Waals surface area contributed by atoms with Crippen molar-refractivity contribution in [3.05, 3.63) is 35.9 Å². The highest BCUT2D eigenvalue weighted by Crippen LogP contribution is 2.25. The van der Waals surface area contributed by atoms with Gasteiger partial charge in [-0.2, -0.15) is 0 Å². The zero-order valence-electron chi connectivity index (χ0n) is 11.8. The molecule has 0 amide bonds. The van der Waals surface area contributed by atoms with Gasteiger partial charge in [0.2, 0.25) is 0 Å². The molecule has 104 valence electrons. The van der Waals surface area contributed by atoms with Crippen molar-refractivity contribution in [1.82, 2.24) is 4.90 Å². The first-order valence-electron chi connectivity index (χ1n) is 7.13. The molecule has 0 spiro atoms. The van der Waals surface area contributed by atoms with Crippen molar-refractivity contribution in [3.63, 3.8) is 0 Å². The van der Waals surface area contributed by atoms with E-state index in [1.54, 1.807) is 0 Å². The molecule has 1 heterocycles. The van der Waals surface area contributed by atoms with Gasteiger partial charge in [-0.3, -0.25) is 9.69 Å². The van der Waals surface area contributed by atoms with Crippen LogP contribution in [0.1, 0.15) is 37.7 Å². The third kappa shape index (κ3) is 3.35. The molecule has 0 saturated carbocycles. The predicted octanol–water partition coefficient (Wildman–Crippen LogP) is 2.82. The third-order valence-corrected chi connectivity index (χ3v) is 4.08.